The molecule has 0 aliphatic carbocycles. The number of hydrogen-bond acceptors (Lipinski definition) is 3. The number of hydrogen-bond donors (Lipinski definition) is 2. The van der Waals surface area contributed by atoms with Crippen LogP contribution in [-0.2, 0) is 4.79 Å². The molecule has 1 aliphatic rings. The largest absolute Gasteiger partial charge is 0.356 e. The first-order chi connectivity index (χ1) is 9.63. The minimum Gasteiger partial charge on any atom is -0.356 e. The molecule has 0 bridgehead atoms. The number of amides is 1. The molecule has 0 saturated carbocycles. The Morgan fingerprint density at radius 1 is 1.43 bits per heavy atom. The molecule has 1 amide bonds. The van der Waals surface area contributed by atoms with Crippen LogP contribution in [0.3, 0.4) is 0 Å². The lowest BCUT2D eigenvalue weighted by Crippen LogP contribution is -2.46. The quantitative estimate of drug-likeness (QED) is 0.294. The van der Waals surface area contributed by atoms with Gasteiger partial charge in [-0.1, -0.05) is 13.3 Å². The van der Waals surface area contributed by atoms with Gasteiger partial charge in [0.1, 0.15) is 6.54 Å². The Morgan fingerprint density at radius 3 is 2.76 bits per heavy atom. The minimum absolute atomic E-state index is 0. The summed E-state index contributed by atoms with van der Waals surface area (Å²) in [5, 5.41) is 6.78. The van der Waals surface area contributed by atoms with Gasteiger partial charge in [-0.05, 0) is 25.0 Å². The van der Waals surface area contributed by atoms with Crippen molar-refractivity contribution < 1.29 is 4.79 Å². The van der Waals surface area contributed by atoms with E-state index in [-0.39, 0.29) is 36.4 Å². The van der Waals surface area contributed by atoms with Gasteiger partial charge in [0.2, 0.25) is 5.91 Å². The van der Waals surface area contributed by atoms with Gasteiger partial charge >= 0.3 is 0 Å². The molecule has 1 heterocycles. The summed E-state index contributed by atoms with van der Waals surface area (Å²) in [5.41, 5.74) is 0. The molecule has 21 heavy (non-hydrogen) atoms. The molecular formula is C14H29IN4OS. The number of rotatable bonds is 6. The zero-order valence-corrected chi connectivity index (χ0v) is 16.5. The zero-order valence-electron chi connectivity index (χ0n) is 13.4. The highest BCUT2D eigenvalue weighted by molar-refractivity contribution is 14.0. The van der Waals surface area contributed by atoms with E-state index in [9.17, 15) is 4.79 Å². The molecule has 0 aromatic rings. The average molecular weight is 428 g/mol. The number of unbranched alkanes of at least 4 members (excludes halogenated alkanes) is 1. The molecule has 7 heteroatoms. The summed E-state index contributed by atoms with van der Waals surface area (Å²) in [6.45, 7) is 3.27. The summed E-state index contributed by atoms with van der Waals surface area (Å²) >= 11 is 1.98. The van der Waals surface area contributed by atoms with Crippen LogP contribution >= 0.6 is 35.7 Å². The SMILES string of the molecule is CCCCNC(=NCC(=O)N(C)C)NC1CCCSC1.I. The van der Waals surface area contributed by atoms with E-state index in [4.69, 9.17) is 0 Å². The second kappa shape index (κ2) is 12.4. The fraction of sp³-hybridized carbons (Fsp3) is 0.857. The lowest BCUT2D eigenvalue weighted by molar-refractivity contribution is -0.127. The average Bonchev–Trinajstić information content (AvgIpc) is 2.45. The highest BCUT2D eigenvalue weighted by atomic mass is 127. The van der Waals surface area contributed by atoms with E-state index in [0.717, 1.165) is 31.1 Å². The number of guanidine groups is 1. The molecule has 1 aliphatic heterocycles. The van der Waals surface area contributed by atoms with Crippen molar-refractivity contribution in [1.82, 2.24) is 15.5 Å². The molecule has 0 radical (unpaired) electrons. The topological polar surface area (TPSA) is 56.7 Å². The van der Waals surface area contributed by atoms with Crippen molar-refractivity contribution in [2.75, 3.05) is 38.7 Å². The first-order valence-corrected chi connectivity index (χ1v) is 8.61. The first-order valence-electron chi connectivity index (χ1n) is 7.46. The lowest BCUT2D eigenvalue weighted by Gasteiger charge is -2.24. The van der Waals surface area contributed by atoms with Crippen LogP contribution in [0, 0.1) is 0 Å². The Kier molecular flexibility index (Phi) is 12.3. The maximum atomic E-state index is 11.6. The molecule has 5 nitrogen and oxygen atoms in total. The Hall–Kier alpha value is -0.180. The van der Waals surface area contributed by atoms with Crippen molar-refractivity contribution >= 4 is 47.6 Å². The molecule has 1 fully saturated rings. The van der Waals surface area contributed by atoms with Gasteiger partial charge in [0, 0.05) is 32.4 Å². The van der Waals surface area contributed by atoms with Gasteiger partial charge in [-0.25, -0.2) is 4.99 Å². The lowest BCUT2D eigenvalue weighted by atomic mass is 10.2. The molecule has 1 saturated heterocycles. The van der Waals surface area contributed by atoms with Crippen LogP contribution in [0.4, 0.5) is 0 Å². The van der Waals surface area contributed by atoms with Crippen LogP contribution in [0.1, 0.15) is 32.6 Å². The molecule has 1 unspecified atom stereocenters. The van der Waals surface area contributed by atoms with E-state index >= 15 is 0 Å². The van der Waals surface area contributed by atoms with Crippen molar-refractivity contribution in [1.29, 1.82) is 0 Å². The predicted octanol–water partition coefficient (Wildman–Crippen LogP) is 1.92. The van der Waals surface area contributed by atoms with Crippen LogP contribution in [0.15, 0.2) is 4.99 Å². The van der Waals surface area contributed by atoms with Gasteiger partial charge in [-0.2, -0.15) is 11.8 Å². The fourth-order valence-corrected chi connectivity index (χ4v) is 2.94. The highest BCUT2D eigenvalue weighted by Crippen LogP contribution is 2.16. The highest BCUT2D eigenvalue weighted by Gasteiger charge is 2.15. The maximum Gasteiger partial charge on any atom is 0.243 e. The molecule has 0 aromatic heterocycles. The molecule has 124 valence electrons. The number of thioether (sulfide) groups is 1. The van der Waals surface area contributed by atoms with Crippen LogP contribution in [0.2, 0.25) is 0 Å². The summed E-state index contributed by atoms with van der Waals surface area (Å²) in [5.74, 6) is 3.18. The monoisotopic (exact) mass is 428 g/mol. The van der Waals surface area contributed by atoms with Gasteiger partial charge in [0.15, 0.2) is 5.96 Å². The van der Waals surface area contributed by atoms with E-state index in [2.05, 4.69) is 22.5 Å². The number of carbonyl (C=O) groups excluding carboxylic acids is 1. The van der Waals surface area contributed by atoms with Crippen molar-refractivity contribution in [2.45, 2.75) is 38.6 Å². The van der Waals surface area contributed by atoms with Crippen LogP contribution in [-0.4, -0.2) is 61.5 Å². The Bertz CT molecular complexity index is 320. The number of nitrogens with zero attached hydrogens (tertiary/aromatic N) is 2. The second-order valence-electron chi connectivity index (χ2n) is 5.29. The Balaban J connectivity index is 0.00000400. The van der Waals surface area contributed by atoms with E-state index in [1.165, 1.54) is 18.6 Å². The van der Waals surface area contributed by atoms with Crippen molar-refractivity contribution in [3.05, 3.63) is 0 Å². The summed E-state index contributed by atoms with van der Waals surface area (Å²) in [6, 6.07) is 0.469. The van der Waals surface area contributed by atoms with Gasteiger partial charge in [0.25, 0.3) is 0 Å². The normalized spacial score (nSPS) is 18.6. The Morgan fingerprint density at radius 2 is 2.19 bits per heavy atom. The first kappa shape index (κ1) is 20.8. The van der Waals surface area contributed by atoms with Crippen LogP contribution in [0.25, 0.3) is 0 Å². The summed E-state index contributed by atoms with van der Waals surface area (Å²) in [6.07, 6.45) is 4.70. The minimum atomic E-state index is 0. The number of likely N-dealkylation sites (N-methyl/N-ethyl adjacent to an activating group) is 1. The van der Waals surface area contributed by atoms with Gasteiger partial charge in [-0.15, -0.1) is 24.0 Å². The number of nitrogens with one attached hydrogen (secondary N) is 2. The van der Waals surface area contributed by atoms with E-state index in [0.29, 0.717) is 6.04 Å². The molecular weight excluding hydrogens is 399 g/mol. The third kappa shape index (κ3) is 9.44. The smallest absolute Gasteiger partial charge is 0.243 e. The number of aliphatic imine (C=N–C) groups is 1. The second-order valence-corrected chi connectivity index (χ2v) is 6.44. The van der Waals surface area contributed by atoms with Crippen molar-refractivity contribution in [3.63, 3.8) is 0 Å². The van der Waals surface area contributed by atoms with Crippen LogP contribution in [0.5, 0.6) is 0 Å². The predicted molar refractivity (Wildman–Crippen MR) is 103 cm³/mol. The van der Waals surface area contributed by atoms with Crippen LogP contribution < -0.4 is 10.6 Å². The molecule has 0 aromatic carbocycles. The third-order valence-electron chi connectivity index (χ3n) is 3.20. The standard InChI is InChI=1S/C14H28N4OS.HI/c1-4-5-8-15-14(16-10-13(19)18(2)3)17-12-7-6-9-20-11-12;/h12H,4-11H2,1-3H3,(H2,15,16,17);1H. The fourth-order valence-electron chi connectivity index (χ4n) is 1.87. The molecule has 0 spiro atoms. The number of carbonyl (C=O) groups is 1. The van der Waals surface area contributed by atoms with Gasteiger partial charge < -0.3 is 15.5 Å². The van der Waals surface area contributed by atoms with Crippen molar-refractivity contribution in [2.24, 2.45) is 4.99 Å². The summed E-state index contributed by atoms with van der Waals surface area (Å²) in [7, 11) is 3.51. The Labute approximate surface area is 150 Å². The molecule has 2 N–H and O–H groups in total. The third-order valence-corrected chi connectivity index (χ3v) is 4.41. The summed E-state index contributed by atoms with van der Waals surface area (Å²) in [4.78, 5) is 17.6. The molecule has 1 atom stereocenters. The van der Waals surface area contributed by atoms with E-state index < -0.39 is 0 Å². The molecule has 1 rings (SSSR count). The van der Waals surface area contributed by atoms with Crippen molar-refractivity contribution in [3.8, 4) is 0 Å². The summed E-state index contributed by atoms with van der Waals surface area (Å²) < 4.78 is 0. The number of halogens is 1. The van der Waals surface area contributed by atoms with E-state index in [1.54, 1.807) is 19.0 Å². The van der Waals surface area contributed by atoms with E-state index in [1.807, 2.05) is 11.8 Å². The van der Waals surface area contributed by atoms with Gasteiger partial charge in [-0.3, -0.25) is 4.79 Å². The zero-order chi connectivity index (χ0) is 14.8. The maximum absolute atomic E-state index is 11.6. The van der Waals surface area contributed by atoms with Gasteiger partial charge in [0.05, 0.1) is 0 Å².